The second-order valence-electron chi connectivity index (χ2n) is 4.05. The Hall–Kier alpha value is -1.95. The lowest BCUT2D eigenvalue weighted by Gasteiger charge is -2.05. The van der Waals surface area contributed by atoms with Gasteiger partial charge in [0, 0.05) is 28.9 Å². The number of thiazole rings is 1. The number of rotatable bonds is 4. The van der Waals surface area contributed by atoms with E-state index in [0.29, 0.717) is 6.54 Å². The number of hydrogen-bond donors (Lipinski definition) is 1. The standard InChI is InChI=1S/C12H13N3O2S/c1-8-3-10(5-11(4-8)15(16)17)13-6-12-14-9(2)7-18-12/h3-5,7,13H,6H2,1-2H3. The van der Waals surface area contributed by atoms with Gasteiger partial charge in [0.1, 0.15) is 5.01 Å². The molecule has 0 aliphatic heterocycles. The van der Waals surface area contributed by atoms with E-state index in [1.54, 1.807) is 17.4 Å². The van der Waals surface area contributed by atoms with Crippen LogP contribution in [0.3, 0.4) is 0 Å². The normalized spacial score (nSPS) is 10.3. The Labute approximate surface area is 109 Å². The summed E-state index contributed by atoms with van der Waals surface area (Å²) in [5.74, 6) is 0. The van der Waals surface area contributed by atoms with Crippen LogP contribution in [0.4, 0.5) is 11.4 Å². The monoisotopic (exact) mass is 263 g/mol. The van der Waals surface area contributed by atoms with Gasteiger partial charge in [0.05, 0.1) is 11.5 Å². The second-order valence-corrected chi connectivity index (χ2v) is 4.99. The van der Waals surface area contributed by atoms with Crippen molar-refractivity contribution in [2.24, 2.45) is 0 Å². The van der Waals surface area contributed by atoms with Crippen molar-refractivity contribution in [3.05, 3.63) is 50.0 Å². The van der Waals surface area contributed by atoms with Gasteiger partial charge < -0.3 is 5.32 Å². The van der Waals surface area contributed by atoms with Crippen LogP contribution in [-0.2, 0) is 6.54 Å². The van der Waals surface area contributed by atoms with Crippen molar-refractivity contribution in [2.45, 2.75) is 20.4 Å². The van der Waals surface area contributed by atoms with Crippen LogP contribution < -0.4 is 5.32 Å². The van der Waals surface area contributed by atoms with Crippen molar-refractivity contribution < 1.29 is 4.92 Å². The van der Waals surface area contributed by atoms with Crippen molar-refractivity contribution >= 4 is 22.7 Å². The Balaban J connectivity index is 2.11. The fourth-order valence-corrected chi connectivity index (χ4v) is 2.34. The lowest BCUT2D eigenvalue weighted by molar-refractivity contribution is -0.384. The molecule has 6 heteroatoms. The van der Waals surface area contributed by atoms with E-state index < -0.39 is 0 Å². The van der Waals surface area contributed by atoms with E-state index >= 15 is 0 Å². The lowest BCUT2D eigenvalue weighted by atomic mass is 10.2. The predicted molar refractivity (Wildman–Crippen MR) is 72.0 cm³/mol. The number of non-ortho nitro benzene ring substituents is 1. The summed E-state index contributed by atoms with van der Waals surface area (Å²) < 4.78 is 0. The molecule has 1 aromatic carbocycles. The maximum atomic E-state index is 10.8. The van der Waals surface area contributed by atoms with Gasteiger partial charge >= 0.3 is 0 Å². The highest BCUT2D eigenvalue weighted by molar-refractivity contribution is 7.09. The molecule has 2 rings (SSSR count). The van der Waals surface area contributed by atoms with Crippen LogP contribution in [0.2, 0.25) is 0 Å². The van der Waals surface area contributed by atoms with Crippen LogP contribution in [0.1, 0.15) is 16.3 Å². The van der Waals surface area contributed by atoms with E-state index in [2.05, 4.69) is 10.3 Å². The number of benzene rings is 1. The Kier molecular flexibility index (Phi) is 3.57. The molecule has 0 bridgehead atoms. The van der Waals surface area contributed by atoms with Crippen molar-refractivity contribution in [3.8, 4) is 0 Å². The molecule has 0 fully saturated rings. The summed E-state index contributed by atoms with van der Waals surface area (Å²) in [6.45, 7) is 4.36. The summed E-state index contributed by atoms with van der Waals surface area (Å²) in [6.07, 6.45) is 0. The van der Waals surface area contributed by atoms with Gasteiger partial charge in [-0.25, -0.2) is 4.98 Å². The molecule has 18 heavy (non-hydrogen) atoms. The van der Waals surface area contributed by atoms with Crippen molar-refractivity contribution in [1.82, 2.24) is 4.98 Å². The maximum absolute atomic E-state index is 10.8. The molecule has 0 saturated carbocycles. The Morgan fingerprint density at radius 3 is 2.78 bits per heavy atom. The van der Waals surface area contributed by atoms with Gasteiger partial charge in [0.25, 0.3) is 5.69 Å². The quantitative estimate of drug-likeness (QED) is 0.679. The Morgan fingerprint density at radius 2 is 2.17 bits per heavy atom. The predicted octanol–water partition coefficient (Wildman–Crippen LogP) is 3.28. The molecular formula is C12H13N3O2S. The van der Waals surface area contributed by atoms with Gasteiger partial charge in [-0.15, -0.1) is 11.3 Å². The Bertz CT molecular complexity index is 580. The zero-order valence-electron chi connectivity index (χ0n) is 10.1. The molecule has 0 amide bonds. The van der Waals surface area contributed by atoms with Crippen LogP contribution in [0.15, 0.2) is 23.6 Å². The first-order valence-electron chi connectivity index (χ1n) is 5.45. The summed E-state index contributed by atoms with van der Waals surface area (Å²) in [5.41, 5.74) is 2.71. The molecule has 5 nitrogen and oxygen atoms in total. The van der Waals surface area contributed by atoms with E-state index in [9.17, 15) is 10.1 Å². The van der Waals surface area contributed by atoms with Crippen LogP contribution in [0.25, 0.3) is 0 Å². The third kappa shape index (κ3) is 3.04. The highest BCUT2D eigenvalue weighted by Gasteiger charge is 2.08. The topological polar surface area (TPSA) is 68.1 Å². The number of aryl methyl sites for hydroxylation is 2. The summed E-state index contributed by atoms with van der Waals surface area (Å²) in [7, 11) is 0. The van der Waals surface area contributed by atoms with Gasteiger partial charge in [0.15, 0.2) is 0 Å². The molecule has 1 N–H and O–H groups in total. The number of nitro benzene ring substituents is 1. The highest BCUT2D eigenvalue weighted by atomic mass is 32.1. The molecule has 0 aliphatic rings. The van der Waals surface area contributed by atoms with Crippen LogP contribution in [-0.4, -0.2) is 9.91 Å². The smallest absolute Gasteiger partial charge is 0.271 e. The largest absolute Gasteiger partial charge is 0.378 e. The van der Waals surface area contributed by atoms with Crippen LogP contribution in [0, 0.1) is 24.0 Å². The van der Waals surface area contributed by atoms with Gasteiger partial charge in [-0.05, 0) is 25.5 Å². The van der Waals surface area contributed by atoms with Gasteiger partial charge in [-0.2, -0.15) is 0 Å². The minimum atomic E-state index is -0.383. The molecule has 0 aliphatic carbocycles. The van der Waals surface area contributed by atoms with Crippen LogP contribution in [0.5, 0.6) is 0 Å². The molecule has 0 spiro atoms. The third-order valence-electron chi connectivity index (χ3n) is 2.38. The van der Waals surface area contributed by atoms with Gasteiger partial charge in [0.2, 0.25) is 0 Å². The van der Waals surface area contributed by atoms with E-state index in [4.69, 9.17) is 0 Å². The first-order valence-corrected chi connectivity index (χ1v) is 6.33. The average Bonchev–Trinajstić information content (AvgIpc) is 2.72. The first-order chi connectivity index (χ1) is 8.54. The number of nitrogens with zero attached hydrogens (tertiary/aromatic N) is 2. The zero-order valence-corrected chi connectivity index (χ0v) is 11.0. The molecule has 94 valence electrons. The summed E-state index contributed by atoms with van der Waals surface area (Å²) >= 11 is 1.58. The summed E-state index contributed by atoms with van der Waals surface area (Å²) in [5, 5.41) is 16.9. The maximum Gasteiger partial charge on any atom is 0.271 e. The number of aromatic nitrogens is 1. The van der Waals surface area contributed by atoms with Crippen LogP contribution >= 0.6 is 11.3 Å². The second kappa shape index (κ2) is 5.14. The molecular weight excluding hydrogens is 250 g/mol. The minimum absolute atomic E-state index is 0.104. The number of hydrogen-bond acceptors (Lipinski definition) is 5. The fourth-order valence-electron chi connectivity index (χ4n) is 1.63. The lowest BCUT2D eigenvalue weighted by Crippen LogP contribution is -2.00. The van der Waals surface area contributed by atoms with Gasteiger partial charge in [-0.3, -0.25) is 10.1 Å². The zero-order chi connectivity index (χ0) is 13.1. The van der Waals surface area contributed by atoms with Crippen molar-refractivity contribution in [1.29, 1.82) is 0 Å². The van der Waals surface area contributed by atoms with Crippen molar-refractivity contribution in [3.63, 3.8) is 0 Å². The minimum Gasteiger partial charge on any atom is -0.378 e. The molecule has 1 aromatic heterocycles. The number of anilines is 1. The molecule has 2 aromatic rings. The first kappa shape index (κ1) is 12.5. The van der Waals surface area contributed by atoms with E-state index in [0.717, 1.165) is 22.0 Å². The SMILES string of the molecule is Cc1cc(NCc2nc(C)cs2)cc([N+](=O)[O-])c1. The summed E-state index contributed by atoms with van der Waals surface area (Å²) in [6, 6.07) is 4.97. The number of nitro groups is 1. The van der Waals surface area contributed by atoms with E-state index in [1.807, 2.05) is 25.3 Å². The Morgan fingerprint density at radius 1 is 1.39 bits per heavy atom. The fraction of sp³-hybridized carbons (Fsp3) is 0.250. The average molecular weight is 263 g/mol. The highest BCUT2D eigenvalue weighted by Crippen LogP contribution is 2.21. The molecule has 0 atom stereocenters. The summed E-state index contributed by atoms with van der Waals surface area (Å²) in [4.78, 5) is 14.7. The third-order valence-corrected chi connectivity index (χ3v) is 3.35. The van der Waals surface area contributed by atoms with Crippen molar-refractivity contribution in [2.75, 3.05) is 5.32 Å². The number of nitrogens with one attached hydrogen (secondary N) is 1. The molecule has 0 unspecified atom stereocenters. The molecule has 1 heterocycles. The molecule has 0 saturated heterocycles. The van der Waals surface area contributed by atoms with E-state index in [1.165, 1.54) is 6.07 Å². The van der Waals surface area contributed by atoms with E-state index in [-0.39, 0.29) is 10.6 Å². The molecule has 0 radical (unpaired) electrons. The van der Waals surface area contributed by atoms with Gasteiger partial charge in [-0.1, -0.05) is 0 Å².